The number of aliphatic carboxylic acids is 1. The second kappa shape index (κ2) is 16.8. The predicted molar refractivity (Wildman–Crippen MR) is 174 cm³/mol. The fraction of sp³-hybridized carbons (Fsp3) is 0.294. The maximum absolute atomic E-state index is 12.3. The Balaban J connectivity index is 1.42. The van der Waals surface area contributed by atoms with Crippen molar-refractivity contribution in [2.75, 3.05) is 19.7 Å². The van der Waals surface area contributed by atoms with Crippen LogP contribution in [0.4, 0.5) is 0 Å². The van der Waals surface area contributed by atoms with Crippen LogP contribution in [0.2, 0.25) is 0 Å². The number of hydrogen-bond donors (Lipinski definition) is 4. The zero-order valence-corrected chi connectivity index (χ0v) is 25.6. The smallest absolute Gasteiger partial charge is 0.322 e. The Bertz CT molecular complexity index is 1530. The van der Waals surface area contributed by atoms with Crippen LogP contribution in [0.15, 0.2) is 72.9 Å². The van der Waals surface area contributed by atoms with Gasteiger partial charge in [0.25, 0.3) is 5.91 Å². The molecule has 4 N–H and O–H groups in total. The molecule has 0 radical (unpaired) electrons. The second-order valence-corrected chi connectivity index (χ2v) is 11.3. The van der Waals surface area contributed by atoms with Gasteiger partial charge < -0.3 is 25.5 Å². The third kappa shape index (κ3) is 9.95. The molecule has 2 heterocycles. The van der Waals surface area contributed by atoms with Crippen molar-refractivity contribution in [2.24, 2.45) is 0 Å². The lowest BCUT2D eigenvalue weighted by Gasteiger charge is -2.08. The zero-order chi connectivity index (χ0) is 31.1. The van der Waals surface area contributed by atoms with Crippen LogP contribution in [0.25, 0.3) is 38.5 Å². The number of carboxylic acid groups (broad SMARTS) is 1. The molecule has 0 unspecified atom stereocenters. The summed E-state index contributed by atoms with van der Waals surface area (Å²) < 4.78 is 5.51. The van der Waals surface area contributed by atoms with Gasteiger partial charge in [0.05, 0.1) is 16.3 Å². The summed E-state index contributed by atoms with van der Waals surface area (Å²) in [5.41, 5.74) is 4.52. The first-order valence-corrected chi connectivity index (χ1v) is 15.7. The lowest BCUT2D eigenvalue weighted by molar-refractivity contribution is -0.138. The molecule has 2 aromatic carbocycles. The molecule has 44 heavy (non-hydrogen) atoms. The highest BCUT2D eigenvalue weighted by atomic mass is 32.1. The van der Waals surface area contributed by atoms with Crippen molar-refractivity contribution in [1.82, 2.24) is 20.6 Å². The highest BCUT2D eigenvalue weighted by Gasteiger charge is 2.17. The minimum absolute atomic E-state index is 0.0868. The molecule has 0 fully saturated rings. The Morgan fingerprint density at radius 3 is 2.36 bits per heavy atom. The van der Waals surface area contributed by atoms with Crippen LogP contribution in [0.3, 0.4) is 0 Å². The molecule has 0 saturated heterocycles. The fourth-order valence-corrected chi connectivity index (χ4v) is 5.55. The molecule has 4 rings (SSSR count). The number of amides is 2. The minimum Gasteiger partial charge on any atom is -0.484 e. The summed E-state index contributed by atoms with van der Waals surface area (Å²) in [5.74, 6) is -1.24. The number of carboxylic acids is 1. The van der Waals surface area contributed by atoms with Crippen LogP contribution in [0.5, 0.6) is 5.75 Å². The van der Waals surface area contributed by atoms with E-state index in [-0.39, 0.29) is 12.5 Å². The van der Waals surface area contributed by atoms with E-state index in [2.05, 4.69) is 22.5 Å². The van der Waals surface area contributed by atoms with Crippen LogP contribution in [-0.2, 0) is 14.4 Å². The number of hydrogen-bond acceptors (Lipinski definition) is 6. The molecule has 0 atom stereocenters. The van der Waals surface area contributed by atoms with Gasteiger partial charge in [-0.1, -0.05) is 63.3 Å². The second-order valence-electron chi connectivity index (χ2n) is 10.3. The number of ether oxygens (including phenoxy) is 1. The quantitative estimate of drug-likeness (QED) is 0.0788. The first-order valence-electron chi connectivity index (χ1n) is 14.9. The number of aromatic amines is 1. The molecule has 0 aliphatic carbocycles. The molecule has 0 bridgehead atoms. The number of unbranched alkanes of at least 4 members (excludes halogenated alkanes) is 5. The molecule has 4 aromatic rings. The molecule has 230 valence electrons. The van der Waals surface area contributed by atoms with E-state index >= 15 is 0 Å². The van der Waals surface area contributed by atoms with Gasteiger partial charge in [0, 0.05) is 24.4 Å². The van der Waals surface area contributed by atoms with E-state index in [0.717, 1.165) is 50.8 Å². The molecule has 10 heteroatoms. The highest BCUT2D eigenvalue weighted by Crippen LogP contribution is 2.40. The van der Waals surface area contributed by atoms with E-state index in [9.17, 15) is 14.4 Å². The summed E-state index contributed by atoms with van der Waals surface area (Å²) in [6, 6.07) is 19.2. The molecule has 0 spiro atoms. The van der Waals surface area contributed by atoms with Crippen LogP contribution in [0.1, 0.15) is 51.0 Å². The SMILES string of the molecule is CCCCCCCCNC(=O)C=Cc1ccc(-c2sc(-c3ccc[nH]3)nc2-c2ccc(OCC(=O)NCC(=O)O)cc2)cc1. The van der Waals surface area contributed by atoms with Crippen molar-refractivity contribution < 1.29 is 24.2 Å². The van der Waals surface area contributed by atoms with Gasteiger partial charge >= 0.3 is 5.97 Å². The van der Waals surface area contributed by atoms with Crippen LogP contribution in [-0.4, -0.2) is 52.6 Å². The molecular weight excluding hydrogens is 576 g/mol. The summed E-state index contributed by atoms with van der Waals surface area (Å²) in [5, 5.41) is 14.8. The van der Waals surface area contributed by atoms with E-state index in [1.165, 1.54) is 25.7 Å². The standard InChI is InChI=1S/C34H38N4O5S/c1-2-3-4-5-6-7-20-36-29(39)19-12-24-10-13-26(14-11-24)33-32(38-34(44-33)28-9-8-21-35-28)25-15-17-27(18-16-25)43-23-30(40)37-22-31(41)42/h8-19,21,35H,2-7,20,22-23H2,1H3,(H,36,39)(H,37,40)(H,41,42). The number of nitrogens with one attached hydrogen (secondary N) is 3. The Morgan fingerprint density at radius 1 is 0.932 bits per heavy atom. The zero-order valence-electron chi connectivity index (χ0n) is 24.8. The fourth-order valence-electron chi connectivity index (χ4n) is 4.47. The van der Waals surface area contributed by atoms with Crippen molar-refractivity contribution in [3.8, 4) is 38.1 Å². The lowest BCUT2D eigenvalue weighted by Crippen LogP contribution is -2.33. The predicted octanol–water partition coefficient (Wildman–Crippen LogP) is 6.54. The average Bonchev–Trinajstić information content (AvgIpc) is 3.73. The van der Waals surface area contributed by atoms with Crippen molar-refractivity contribution in [3.05, 3.63) is 78.5 Å². The Kier molecular flexibility index (Phi) is 12.3. The Hall–Kier alpha value is -4.70. The number of rotatable bonds is 17. The Morgan fingerprint density at radius 2 is 1.66 bits per heavy atom. The normalized spacial score (nSPS) is 11.0. The number of H-pyrrole nitrogens is 1. The summed E-state index contributed by atoms with van der Waals surface area (Å²) >= 11 is 1.58. The van der Waals surface area contributed by atoms with Crippen LogP contribution < -0.4 is 15.4 Å². The molecule has 0 aliphatic rings. The molecule has 2 aromatic heterocycles. The first-order chi connectivity index (χ1) is 21.4. The summed E-state index contributed by atoms with van der Waals surface area (Å²) in [7, 11) is 0. The van der Waals surface area contributed by atoms with Crippen LogP contribution >= 0.6 is 11.3 Å². The Labute approximate surface area is 261 Å². The third-order valence-corrected chi connectivity index (χ3v) is 7.96. The first kappa shape index (κ1) is 32.2. The molecule has 9 nitrogen and oxygen atoms in total. The van der Waals surface area contributed by atoms with Gasteiger partial charge in [0.2, 0.25) is 5.91 Å². The van der Waals surface area contributed by atoms with Crippen molar-refractivity contribution in [3.63, 3.8) is 0 Å². The van der Waals surface area contributed by atoms with Gasteiger partial charge in [-0.15, -0.1) is 11.3 Å². The third-order valence-electron chi connectivity index (χ3n) is 6.82. The number of carbonyl (C=O) groups excluding carboxylic acids is 2. The number of nitrogens with zero attached hydrogens (tertiary/aromatic N) is 1. The largest absolute Gasteiger partial charge is 0.484 e. The van der Waals surface area contributed by atoms with Crippen LogP contribution in [0, 0.1) is 0 Å². The molecular formula is C34H38N4O5S. The van der Waals surface area contributed by atoms with Crippen molar-refractivity contribution in [1.29, 1.82) is 0 Å². The van der Waals surface area contributed by atoms with E-state index < -0.39 is 18.4 Å². The maximum atomic E-state index is 12.3. The minimum atomic E-state index is -1.12. The van der Waals surface area contributed by atoms with Crippen molar-refractivity contribution >= 4 is 35.2 Å². The van der Waals surface area contributed by atoms with E-state index in [0.29, 0.717) is 12.3 Å². The van der Waals surface area contributed by atoms with E-state index in [4.69, 9.17) is 14.8 Å². The summed E-state index contributed by atoms with van der Waals surface area (Å²) in [4.78, 5) is 43.8. The van der Waals surface area contributed by atoms with Gasteiger partial charge in [-0.25, -0.2) is 4.98 Å². The maximum Gasteiger partial charge on any atom is 0.322 e. The van der Waals surface area contributed by atoms with Gasteiger partial charge in [-0.05, 0) is 60.0 Å². The highest BCUT2D eigenvalue weighted by molar-refractivity contribution is 7.18. The average molecular weight is 615 g/mol. The van der Waals surface area contributed by atoms with Gasteiger partial charge in [0.1, 0.15) is 17.3 Å². The van der Waals surface area contributed by atoms with Gasteiger partial charge in [0.15, 0.2) is 6.61 Å². The van der Waals surface area contributed by atoms with E-state index in [1.807, 2.05) is 60.8 Å². The van der Waals surface area contributed by atoms with Gasteiger partial charge in [-0.2, -0.15) is 0 Å². The summed E-state index contributed by atoms with van der Waals surface area (Å²) in [6.07, 6.45) is 12.4. The number of thiazole rings is 1. The van der Waals surface area contributed by atoms with Crippen molar-refractivity contribution in [2.45, 2.75) is 45.4 Å². The molecule has 2 amide bonds. The summed E-state index contributed by atoms with van der Waals surface area (Å²) in [6.45, 7) is 2.16. The monoisotopic (exact) mass is 614 g/mol. The molecule has 0 saturated carbocycles. The number of aromatic nitrogens is 2. The molecule has 0 aliphatic heterocycles. The van der Waals surface area contributed by atoms with E-state index in [1.54, 1.807) is 29.5 Å². The number of carbonyl (C=O) groups is 3. The van der Waals surface area contributed by atoms with Gasteiger partial charge in [-0.3, -0.25) is 14.4 Å². The lowest BCUT2D eigenvalue weighted by atomic mass is 10.0. The topological polar surface area (TPSA) is 133 Å². The number of benzene rings is 2.